The molecular formula is C15H15FN2O3. The molecule has 1 aliphatic heterocycles. The molecule has 0 aromatic heterocycles. The van der Waals surface area contributed by atoms with Crippen LogP contribution in [0.25, 0.3) is 0 Å². The third-order valence-corrected chi connectivity index (χ3v) is 4.00. The molecule has 2 fully saturated rings. The van der Waals surface area contributed by atoms with Crippen molar-refractivity contribution in [2.75, 3.05) is 0 Å². The van der Waals surface area contributed by atoms with Gasteiger partial charge >= 0.3 is 17.8 Å². The molecule has 2 aliphatic rings. The first kappa shape index (κ1) is 13.7. The van der Waals surface area contributed by atoms with Crippen LogP contribution in [0.15, 0.2) is 24.3 Å². The molecule has 21 heavy (non-hydrogen) atoms. The Labute approximate surface area is 121 Å². The van der Waals surface area contributed by atoms with Gasteiger partial charge < -0.3 is 0 Å². The lowest BCUT2D eigenvalue weighted by Crippen LogP contribution is -2.39. The number of rotatable bonds is 3. The van der Waals surface area contributed by atoms with E-state index in [4.69, 9.17) is 0 Å². The number of carbonyl (C=O) groups is 3. The average Bonchev–Trinajstić information content (AvgIpc) is 3.03. The fraction of sp³-hybridized carbons (Fsp3) is 0.400. The second kappa shape index (κ2) is 5.27. The molecule has 0 radical (unpaired) electrons. The summed E-state index contributed by atoms with van der Waals surface area (Å²) in [7, 11) is 0. The lowest BCUT2D eigenvalue weighted by molar-refractivity contribution is -0.144. The second-order valence-corrected chi connectivity index (χ2v) is 5.42. The zero-order chi connectivity index (χ0) is 15.0. The molecule has 0 bridgehead atoms. The maximum Gasteiger partial charge on any atom is 0.334 e. The van der Waals surface area contributed by atoms with Gasteiger partial charge in [-0.3, -0.25) is 19.4 Å². The van der Waals surface area contributed by atoms with Crippen molar-refractivity contribution < 1.29 is 18.8 Å². The quantitative estimate of drug-likeness (QED) is 0.632. The van der Waals surface area contributed by atoms with Gasteiger partial charge in [0.15, 0.2) is 0 Å². The first-order chi connectivity index (χ1) is 10.1. The van der Waals surface area contributed by atoms with Gasteiger partial charge in [0.25, 0.3) is 0 Å². The molecule has 0 atom stereocenters. The van der Waals surface area contributed by atoms with Gasteiger partial charge in [0.1, 0.15) is 5.82 Å². The van der Waals surface area contributed by atoms with E-state index in [9.17, 15) is 18.8 Å². The number of nitrogens with zero attached hydrogens (tertiary/aromatic N) is 2. The smallest absolute Gasteiger partial charge is 0.263 e. The number of benzene rings is 1. The summed E-state index contributed by atoms with van der Waals surface area (Å²) in [6.07, 6.45) is 3.41. The largest absolute Gasteiger partial charge is 0.334 e. The first-order valence-electron chi connectivity index (χ1n) is 7.01. The van der Waals surface area contributed by atoms with Gasteiger partial charge in [-0.25, -0.2) is 9.18 Å². The number of hydrogen-bond donors (Lipinski definition) is 0. The monoisotopic (exact) mass is 290 g/mol. The maximum atomic E-state index is 13.2. The Bertz CT molecular complexity index is 611. The van der Waals surface area contributed by atoms with E-state index in [-0.39, 0.29) is 12.6 Å². The van der Waals surface area contributed by atoms with Crippen molar-refractivity contribution in [2.24, 2.45) is 0 Å². The van der Waals surface area contributed by atoms with Gasteiger partial charge in [0.2, 0.25) is 0 Å². The average molecular weight is 290 g/mol. The zero-order valence-corrected chi connectivity index (χ0v) is 11.4. The van der Waals surface area contributed by atoms with Crippen LogP contribution >= 0.6 is 0 Å². The number of halogens is 1. The second-order valence-electron chi connectivity index (χ2n) is 5.42. The van der Waals surface area contributed by atoms with Crippen molar-refractivity contribution in [3.8, 4) is 0 Å². The summed E-state index contributed by atoms with van der Waals surface area (Å²) in [5.74, 6) is -2.02. The summed E-state index contributed by atoms with van der Waals surface area (Å²) in [4.78, 5) is 38.3. The third kappa shape index (κ3) is 2.41. The van der Waals surface area contributed by atoms with Crippen molar-refractivity contribution in [3.63, 3.8) is 0 Å². The van der Waals surface area contributed by atoms with Gasteiger partial charge in [-0.1, -0.05) is 25.0 Å². The Hall–Kier alpha value is -2.24. The van der Waals surface area contributed by atoms with E-state index >= 15 is 0 Å². The fourth-order valence-electron chi connectivity index (χ4n) is 2.96. The summed E-state index contributed by atoms with van der Waals surface area (Å²) in [6.45, 7) is -0.0790. The van der Waals surface area contributed by atoms with Crippen LogP contribution < -0.4 is 0 Å². The van der Waals surface area contributed by atoms with E-state index in [0.29, 0.717) is 5.56 Å². The van der Waals surface area contributed by atoms with Crippen LogP contribution in [0.1, 0.15) is 31.2 Å². The molecule has 1 saturated carbocycles. The minimum absolute atomic E-state index is 0.0790. The number of amides is 4. The number of carbonyl (C=O) groups excluding carboxylic acids is 3. The predicted octanol–water partition coefficient (Wildman–Crippen LogP) is 2.06. The molecule has 6 heteroatoms. The highest BCUT2D eigenvalue weighted by molar-refractivity contribution is 6.44. The zero-order valence-electron chi connectivity index (χ0n) is 11.4. The molecule has 0 spiro atoms. The number of hydrogen-bond acceptors (Lipinski definition) is 3. The topological polar surface area (TPSA) is 57.7 Å². The van der Waals surface area contributed by atoms with Crippen LogP contribution in [0.5, 0.6) is 0 Å². The minimum atomic E-state index is -0.823. The molecule has 1 aliphatic carbocycles. The molecule has 1 saturated heterocycles. The van der Waals surface area contributed by atoms with Crippen LogP contribution in [-0.2, 0) is 16.1 Å². The summed E-state index contributed by atoms with van der Waals surface area (Å²) >= 11 is 0. The molecule has 5 nitrogen and oxygen atoms in total. The molecule has 0 unspecified atom stereocenters. The van der Waals surface area contributed by atoms with Crippen LogP contribution in [0.4, 0.5) is 9.18 Å². The molecule has 4 amide bonds. The highest BCUT2D eigenvalue weighted by Gasteiger charge is 2.47. The van der Waals surface area contributed by atoms with E-state index < -0.39 is 23.7 Å². The van der Waals surface area contributed by atoms with Crippen molar-refractivity contribution >= 4 is 17.8 Å². The predicted molar refractivity (Wildman–Crippen MR) is 71.4 cm³/mol. The Morgan fingerprint density at radius 3 is 2.48 bits per heavy atom. The molecule has 1 aromatic carbocycles. The fourth-order valence-corrected chi connectivity index (χ4v) is 2.96. The van der Waals surface area contributed by atoms with Gasteiger partial charge in [-0.2, -0.15) is 0 Å². The maximum absolute atomic E-state index is 13.2. The van der Waals surface area contributed by atoms with E-state index in [0.717, 1.165) is 35.5 Å². The molecule has 110 valence electrons. The minimum Gasteiger partial charge on any atom is -0.263 e. The SMILES string of the molecule is O=C1C(=O)N(C2CCCC2)C(=O)N1Cc1cccc(F)c1. The van der Waals surface area contributed by atoms with Crippen molar-refractivity contribution in [3.05, 3.63) is 35.6 Å². The Kier molecular flexibility index (Phi) is 3.45. The Morgan fingerprint density at radius 1 is 1.10 bits per heavy atom. The van der Waals surface area contributed by atoms with Crippen LogP contribution in [0, 0.1) is 5.82 Å². The third-order valence-electron chi connectivity index (χ3n) is 4.00. The van der Waals surface area contributed by atoms with E-state index in [1.165, 1.54) is 18.2 Å². The Balaban J connectivity index is 1.81. The summed E-state index contributed by atoms with van der Waals surface area (Å²) in [5, 5.41) is 0. The molecule has 1 aromatic rings. The van der Waals surface area contributed by atoms with Crippen LogP contribution in [0.3, 0.4) is 0 Å². The highest BCUT2D eigenvalue weighted by Crippen LogP contribution is 2.28. The van der Waals surface area contributed by atoms with Crippen LogP contribution in [0.2, 0.25) is 0 Å². The highest BCUT2D eigenvalue weighted by atomic mass is 19.1. The summed E-state index contributed by atoms with van der Waals surface area (Å²) in [6, 6.07) is 4.90. The molecular weight excluding hydrogens is 275 g/mol. The van der Waals surface area contributed by atoms with E-state index in [1.54, 1.807) is 6.07 Å². The Morgan fingerprint density at radius 2 is 1.81 bits per heavy atom. The summed E-state index contributed by atoms with van der Waals surface area (Å²) in [5.41, 5.74) is 0.484. The van der Waals surface area contributed by atoms with Crippen molar-refractivity contribution in [1.29, 1.82) is 0 Å². The standard InChI is InChI=1S/C15H15FN2O3/c16-11-5-3-4-10(8-11)9-17-13(19)14(20)18(15(17)21)12-6-1-2-7-12/h3-5,8,12H,1-2,6-7,9H2. The lowest BCUT2D eigenvalue weighted by Gasteiger charge is -2.21. The van der Waals surface area contributed by atoms with E-state index in [2.05, 4.69) is 0 Å². The van der Waals surface area contributed by atoms with Gasteiger partial charge in [0, 0.05) is 6.04 Å². The first-order valence-corrected chi connectivity index (χ1v) is 7.01. The van der Waals surface area contributed by atoms with Gasteiger partial charge in [-0.15, -0.1) is 0 Å². The molecule has 3 rings (SSSR count). The van der Waals surface area contributed by atoms with Crippen molar-refractivity contribution in [1.82, 2.24) is 9.80 Å². The van der Waals surface area contributed by atoms with Gasteiger partial charge in [-0.05, 0) is 30.5 Å². The normalized spacial score (nSPS) is 20.0. The lowest BCUT2D eigenvalue weighted by atomic mass is 10.2. The van der Waals surface area contributed by atoms with Gasteiger partial charge in [0.05, 0.1) is 6.54 Å². The number of imide groups is 2. The molecule has 0 N–H and O–H groups in total. The van der Waals surface area contributed by atoms with E-state index in [1.807, 2.05) is 0 Å². The molecule has 1 heterocycles. The number of urea groups is 1. The summed E-state index contributed by atoms with van der Waals surface area (Å²) < 4.78 is 13.2. The van der Waals surface area contributed by atoms with Crippen LogP contribution in [-0.4, -0.2) is 33.7 Å². The van der Waals surface area contributed by atoms with Crippen molar-refractivity contribution in [2.45, 2.75) is 38.3 Å².